The SMILES string of the molecule is CCCNC(C)c1ccc(-c2sccc2Br)cc1. The van der Waals surface area contributed by atoms with Gasteiger partial charge < -0.3 is 5.32 Å². The van der Waals surface area contributed by atoms with Crippen LogP contribution in [0.3, 0.4) is 0 Å². The summed E-state index contributed by atoms with van der Waals surface area (Å²) in [5.74, 6) is 0. The first-order chi connectivity index (χ1) is 8.72. The molecule has 1 N–H and O–H groups in total. The molecule has 96 valence electrons. The summed E-state index contributed by atoms with van der Waals surface area (Å²) < 4.78 is 1.18. The second-order valence-corrected chi connectivity index (χ2v) is 6.17. The molecule has 0 aliphatic carbocycles. The standard InChI is InChI=1S/C15H18BrNS/c1-3-9-17-11(2)12-4-6-13(7-5-12)15-14(16)8-10-18-15/h4-8,10-11,17H,3,9H2,1-2H3. The van der Waals surface area contributed by atoms with Crippen molar-refractivity contribution in [2.75, 3.05) is 6.54 Å². The summed E-state index contributed by atoms with van der Waals surface area (Å²) in [6.45, 7) is 5.47. The molecule has 0 radical (unpaired) electrons. The second-order valence-electron chi connectivity index (χ2n) is 4.40. The van der Waals surface area contributed by atoms with Gasteiger partial charge in [-0.05, 0) is 58.4 Å². The van der Waals surface area contributed by atoms with E-state index in [0.29, 0.717) is 6.04 Å². The number of benzene rings is 1. The van der Waals surface area contributed by atoms with Gasteiger partial charge in [0.05, 0.1) is 0 Å². The molecule has 0 aliphatic rings. The predicted octanol–water partition coefficient (Wildman–Crippen LogP) is 5.24. The van der Waals surface area contributed by atoms with Gasteiger partial charge in [0, 0.05) is 15.4 Å². The maximum Gasteiger partial charge on any atom is 0.0484 e. The van der Waals surface area contributed by atoms with Crippen molar-refractivity contribution >= 4 is 27.3 Å². The lowest BCUT2D eigenvalue weighted by Gasteiger charge is -2.14. The van der Waals surface area contributed by atoms with Crippen LogP contribution in [0.4, 0.5) is 0 Å². The Hall–Kier alpha value is -0.640. The highest BCUT2D eigenvalue weighted by Crippen LogP contribution is 2.33. The van der Waals surface area contributed by atoms with Gasteiger partial charge in [0.1, 0.15) is 0 Å². The minimum Gasteiger partial charge on any atom is -0.310 e. The number of nitrogens with one attached hydrogen (secondary N) is 1. The lowest BCUT2D eigenvalue weighted by atomic mass is 10.1. The summed E-state index contributed by atoms with van der Waals surface area (Å²) in [4.78, 5) is 1.30. The van der Waals surface area contributed by atoms with Gasteiger partial charge in [-0.3, -0.25) is 0 Å². The van der Waals surface area contributed by atoms with E-state index in [2.05, 4.69) is 70.8 Å². The van der Waals surface area contributed by atoms with Crippen LogP contribution in [0.1, 0.15) is 31.9 Å². The van der Waals surface area contributed by atoms with E-state index in [9.17, 15) is 0 Å². The molecular formula is C15H18BrNS. The van der Waals surface area contributed by atoms with Gasteiger partial charge in [-0.15, -0.1) is 11.3 Å². The fraction of sp³-hybridized carbons (Fsp3) is 0.333. The van der Waals surface area contributed by atoms with Gasteiger partial charge in [0.15, 0.2) is 0 Å². The first-order valence-corrected chi connectivity index (χ1v) is 7.96. The van der Waals surface area contributed by atoms with Gasteiger partial charge in [0.2, 0.25) is 0 Å². The van der Waals surface area contributed by atoms with Crippen molar-refractivity contribution in [2.24, 2.45) is 0 Å². The van der Waals surface area contributed by atoms with E-state index in [-0.39, 0.29) is 0 Å². The molecule has 1 aromatic heterocycles. The minimum atomic E-state index is 0.422. The lowest BCUT2D eigenvalue weighted by Crippen LogP contribution is -2.19. The Bertz CT molecular complexity index is 489. The van der Waals surface area contributed by atoms with E-state index in [1.165, 1.54) is 26.9 Å². The summed E-state index contributed by atoms with van der Waals surface area (Å²) in [6, 6.07) is 11.4. The van der Waals surface area contributed by atoms with Crippen molar-refractivity contribution in [1.82, 2.24) is 5.32 Å². The van der Waals surface area contributed by atoms with Gasteiger partial charge in [-0.1, -0.05) is 31.2 Å². The largest absolute Gasteiger partial charge is 0.310 e. The smallest absolute Gasteiger partial charge is 0.0484 e. The highest BCUT2D eigenvalue weighted by atomic mass is 79.9. The third-order valence-corrected chi connectivity index (χ3v) is 4.88. The van der Waals surface area contributed by atoms with Crippen LogP contribution in [0, 0.1) is 0 Å². The van der Waals surface area contributed by atoms with Crippen molar-refractivity contribution in [3.63, 3.8) is 0 Å². The summed E-state index contributed by atoms with van der Waals surface area (Å²) in [5.41, 5.74) is 2.63. The lowest BCUT2D eigenvalue weighted by molar-refractivity contribution is 0.571. The fourth-order valence-electron chi connectivity index (χ4n) is 1.90. The minimum absolute atomic E-state index is 0.422. The summed E-state index contributed by atoms with van der Waals surface area (Å²) in [5, 5.41) is 5.62. The highest BCUT2D eigenvalue weighted by Gasteiger charge is 2.07. The van der Waals surface area contributed by atoms with Crippen LogP contribution < -0.4 is 5.32 Å². The zero-order chi connectivity index (χ0) is 13.0. The average molecular weight is 324 g/mol. The molecule has 1 nitrogen and oxygen atoms in total. The third-order valence-electron chi connectivity index (χ3n) is 2.99. The van der Waals surface area contributed by atoms with Crippen molar-refractivity contribution in [3.05, 3.63) is 45.7 Å². The Morgan fingerprint density at radius 1 is 1.22 bits per heavy atom. The van der Waals surface area contributed by atoms with Crippen LogP contribution in [0.25, 0.3) is 10.4 Å². The quantitative estimate of drug-likeness (QED) is 0.793. The first kappa shape index (κ1) is 13.8. The zero-order valence-electron chi connectivity index (χ0n) is 10.7. The van der Waals surface area contributed by atoms with Gasteiger partial charge in [-0.25, -0.2) is 0 Å². The van der Waals surface area contributed by atoms with E-state index in [0.717, 1.165) is 6.54 Å². The number of thiophene rings is 1. The van der Waals surface area contributed by atoms with Crippen molar-refractivity contribution in [1.29, 1.82) is 0 Å². The molecule has 0 saturated heterocycles. The molecule has 0 bridgehead atoms. The fourth-order valence-corrected chi connectivity index (χ4v) is 3.51. The molecule has 0 fully saturated rings. The molecule has 1 heterocycles. The van der Waals surface area contributed by atoms with Crippen molar-refractivity contribution < 1.29 is 0 Å². The van der Waals surface area contributed by atoms with Crippen molar-refractivity contribution in [3.8, 4) is 10.4 Å². The second kappa shape index (κ2) is 6.50. The van der Waals surface area contributed by atoms with E-state index in [1.807, 2.05) is 0 Å². The third kappa shape index (κ3) is 3.22. The molecule has 2 rings (SSSR count). The van der Waals surface area contributed by atoms with E-state index < -0.39 is 0 Å². The molecule has 0 saturated carbocycles. The highest BCUT2D eigenvalue weighted by molar-refractivity contribution is 9.10. The van der Waals surface area contributed by atoms with Gasteiger partial charge in [-0.2, -0.15) is 0 Å². The van der Waals surface area contributed by atoms with Crippen LogP contribution in [-0.4, -0.2) is 6.54 Å². The normalized spacial score (nSPS) is 12.6. The maximum absolute atomic E-state index is 3.58. The molecule has 3 heteroatoms. The number of rotatable bonds is 5. The number of halogens is 1. The van der Waals surface area contributed by atoms with Gasteiger partial charge in [0.25, 0.3) is 0 Å². The predicted molar refractivity (Wildman–Crippen MR) is 84.2 cm³/mol. The molecule has 0 spiro atoms. The summed E-state index contributed by atoms with van der Waals surface area (Å²) in [7, 11) is 0. The Morgan fingerprint density at radius 2 is 1.94 bits per heavy atom. The molecule has 1 aromatic carbocycles. The molecule has 0 aliphatic heterocycles. The summed E-state index contributed by atoms with van der Waals surface area (Å²) in [6.07, 6.45) is 1.17. The Labute approximate surface area is 121 Å². The topological polar surface area (TPSA) is 12.0 Å². The van der Waals surface area contributed by atoms with Gasteiger partial charge >= 0.3 is 0 Å². The van der Waals surface area contributed by atoms with Crippen molar-refractivity contribution in [2.45, 2.75) is 26.3 Å². The molecule has 2 aromatic rings. The Balaban J connectivity index is 2.13. The first-order valence-electron chi connectivity index (χ1n) is 6.29. The van der Waals surface area contributed by atoms with Crippen LogP contribution in [-0.2, 0) is 0 Å². The molecule has 18 heavy (non-hydrogen) atoms. The average Bonchev–Trinajstić information content (AvgIpc) is 2.82. The summed E-state index contributed by atoms with van der Waals surface area (Å²) >= 11 is 5.35. The zero-order valence-corrected chi connectivity index (χ0v) is 13.1. The number of hydrogen-bond acceptors (Lipinski definition) is 2. The Kier molecular flexibility index (Phi) is 4.98. The van der Waals surface area contributed by atoms with Crippen LogP contribution >= 0.6 is 27.3 Å². The maximum atomic E-state index is 3.58. The molecular weight excluding hydrogens is 306 g/mol. The van der Waals surface area contributed by atoms with E-state index in [1.54, 1.807) is 11.3 Å². The van der Waals surface area contributed by atoms with Crippen LogP contribution in [0.2, 0.25) is 0 Å². The number of hydrogen-bond donors (Lipinski definition) is 1. The molecule has 1 atom stereocenters. The van der Waals surface area contributed by atoms with Crippen LogP contribution in [0.15, 0.2) is 40.2 Å². The monoisotopic (exact) mass is 323 g/mol. The van der Waals surface area contributed by atoms with E-state index in [4.69, 9.17) is 0 Å². The molecule has 1 unspecified atom stereocenters. The van der Waals surface area contributed by atoms with Crippen LogP contribution in [0.5, 0.6) is 0 Å². The van der Waals surface area contributed by atoms with E-state index >= 15 is 0 Å². The molecule has 0 amide bonds. The Morgan fingerprint density at radius 3 is 2.50 bits per heavy atom.